The lowest BCUT2D eigenvalue weighted by Gasteiger charge is -2.04. The van der Waals surface area contributed by atoms with Gasteiger partial charge in [0.05, 0.1) is 0 Å². The Hall–Kier alpha value is -2.32. The Kier molecular flexibility index (Phi) is 5.56. The van der Waals surface area contributed by atoms with Crippen LogP contribution in [0.15, 0.2) is 23.8 Å². The number of amides is 1. The highest BCUT2D eigenvalue weighted by molar-refractivity contribution is 6.01. The van der Waals surface area contributed by atoms with Gasteiger partial charge in [-0.15, -0.1) is 0 Å². The highest BCUT2D eigenvalue weighted by atomic mass is 16.5. The second-order valence-corrected chi connectivity index (χ2v) is 5.27. The third kappa shape index (κ3) is 4.09. The SMILES string of the molecule is COCCCNC(=O)C(C#N)=Cc1ccc2c(c1)CC(C)O2. The minimum atomic E-state index is -0.358. The lowest BCUT2D eigenvalue weighted by Crippen LogP contribution is -2.26. The van der Waals surface area contributed by atoms with Crippen molar-refractivity contribution in [2.45, 2.75) is 25.9 Å². The fourth-order valence-corrected chi connectivity index (χ4v) is 2.36. The van der Waals surface area contributed by atoms with Gasteiger partial charge >= 0.3 is 0 Å². The molecule has 5 heteroatoms. The van der Waals surface area contributed by atoms with Crippen LogP contribution in [0.25, 0.3) is 6.08 Å². The Morgan fingerprint density at radius 3 is 3.14 bits per heavy atom. The van der Waals surface area contributed by atoms with E-state index in [1.54, 1.807) is 13.2 Å². The fraction of sp³-hybridized carbons (Fsp3) is 0.412. The Morgan fingerprint density at radius 2 is 2.41 bits per heavy atom. The van der Waals surface area contributed by atoms with Crippen LogP contribution in [0.1, 0.15) is 24.5 Å². The molecular weight excluding hydrogens is 280 g/mol. The summed E-state index contributed by atoms with van der Waals surface area (Å²) in [5, 5.41) is 11.9. The molecule has 0 saturated carbocycles. The zero-order valence-corrected chi connectivity index (χ0v) is 12.9. The minimum Gasteiger partial charge on any atom is -0.490 e. The van der Waals surface area contributed by atoms with Crippen LogP contribution < -0.4 is 10.1 Å². The molecule has 0 fully saturated rings. The van der Waals surface area contributed by atoms with Crippen molar-refractivity contribution in [2.75, 3.05) is 20.3 Å². The number of carbonyl (C=O) groups is 1. The molecule has 0 aliphatic carbocycles. The summed E-state index contributed by atoms with van der Waals surface area (Å²) in [7, 11) is 1.61. The van der Waals surface area contributed by atoms with Gasteiger partial charge in [-0.2, -0.15) is 5.26 Å². The second-order valence-electron chi connectivity index (χ2n) is 5.27. The van der Waals surface area contributed by atoms with Gasteiger partial charge < -0.3 is 14.8 Å². The van der Waals surface area contributed by atoms with Crippen LogP contribution in [-0.2, 0) is 16.0 Å². The summed E-state index contributed by atoms with van der Waals surface area (Å²) in [6.07, 6.45) is 3.35. The molecule has 1 aromatic rings. The van der Waals surface area contributed by atoms with Gasteiger partial charge in [0.1, 0.15) is 23.5 Å². The number of hydrogen-bond acceptors (Lipinski definition) is 4. The molecule has 1 amide bonds. The summed E-state index contributed by atoms with van der Waals surface area (Å²) in [6, 6.07) is 7.66. The van der Waals surface area contributed by atoms with E-state index in [1.807, 2.05) is 31.2 Å². The van der Waals surface area contributed by atoms with E-state index in [1.165, 1.54) is 0 Å². The van der Waals surface area contributed by atoms with Crippen molar-refractivity contribution in [3.05, 3.63) is 34.9 Å². The van der Waals surface area contributed by atoms with Crippen molar-refractivity contribution >= 4 is 12.0 Å². The third-order valence-electron chi connectivity index (χ3n) is 3.41. The molecule has 1 aliphatic rings. The molecule has 1 N–H and O–H groups in total. The molecule has 0 bridgehead atoms. The van der Waals surface area contributed by atoms with Crippen molar-refractivity contribution in [3.63, 3.8) is 0 Å². The predicted octanol–water partition coefficient (Wildman–Crippen LogP) is 2.07. The molecule has 5 nitrogen and oxygen atoms in total. The Bertz CT molecular complexity index is 617. The van der Waals surface area contributed by atoms with Crippen LogP contribution in [0, 0.1) is 11.3 Å². The molecular formula is C17H20N2O3. The molecule has 1 unspecified atom stereocenters. The molecule has 1 aliphatic heterocycles. The lowest BCUT2D eigenvalue weighted by atomic mass is 10.0. The average Bonchev–Trinajstić information content (AvgIpc) is 2.88. The minimum absolute atomic E-state index is 0.101. The summed E-state index contributed by atoms with van der Waals surface area (Å²) in [6.45, 7) is 3.08. The number of benzene rings is 1. The Morgan fingerprint density at radius 1 is 1.59 bits per heavy atom. The van der Waals surface area contributed by atoms with Crippen LogP contribution in [0.5, 0.6) is 5.75 Å². The van der Waals surface area contributed by atoms with Crippen LogP contribution in [-0.4, -0.2) is 32.3 Å². The van der Waals surface area contributed by atoms with Gasteiger partial charge in [-0.3, -0.25) is 4.79 Å². The number of carbonyl (C=O) groups excluding carboxylic acids is 1. The number of ether oxygens (including phenoxy) is 2. The Balaban J connectivity index is 2.04. The van der Waals surface area contributed by atoms with Gasteiger partial charge in [0.25, 0.3) is 5.91 Å². The third-order valence-corrected chi connectivity index (χ3v) is 3.41. The number of rotatable bonds is 6. The van der Waals surface area contributed by atoms with Crippen LogP contribution in [0.3, 0.4) is 0 Å². The van der Waals surface area contributed by atoms with Crippen LogP contribution in [0.4, 0.5) is 0 Å². The molecule has 0 saturated heterocycles. The van der Waals surface area contributed by atoms with Crippen molar-refractivity contribution in [3.8, 4) is 11.8 Å². The standard InChI is InChI=1S/C17H20N2O3/c1-12-8-14-9-13(4-5-16(14)22-12)10-15(11-18)17(20)19-6-3-7-21-2/h4-5,9-10,12H,3,6-8H2,1-2H3,(H,19,20). The van der Waals surface area contributed by atoms with E-state index in [9.17, 15) is 4.79 Å². The van der Waals surface area contributed by atoms with Gasteiger partial charge in [-0.25, -0.2) is 0 Å². The summed E-state index contributed by atoms with van der Waals surface area (Å²) < 4.78 is 10.6. The average molecular weight is 300 g/mol. The van der Waals surface area contributed by atoms with Crippen LogP contribution in [0.2, 0.25) is 0 Å². The largest absolute Gasteiger partial charge is 0.490 e. The van der Waals surface area contributed by atoms with Crippen molar-refractivity contribution in [2.24, 2.45) is 0 Å². The maximum atomic E-state index is 12.0. The first kappa shape index (κ1) is 16.1. The number of fused-ring (bicyclic) bond motifs is 1. The number of nitriles is 1. The first-order valence-electron chi connectivity index (χ1n) is 7.32. The zero-order valence-electron chi connectivity index (χ0n) is 12.9. The van der Waals surface area contributed by atoms with Gasteiger partial charge in [0.2, 0.25) is 0 Å². The maximum absolute atomic E-state index is 12.0. The van der Waals surface area contributed by atoms with Crippen molar-refractivity contribution in [1.29, 1.82) is 5.26 Å². The van der Waals surface area contributed by atoms with E-state index in [2.05, 4.69) is 5.32 Å². The van der Waals surface area contributed by atoms with E-state index < -0.39 is 0 Å². The van der Waals surface area contributed by atoms with Gasteiger partial charge in [-0.1, -0.05) is 6.07 Å². The maximum Gasteiger partial charge on any atom is 0.261 e. The number of hydrogen-bond donors (Lipinski definition) is 1. The van der Waals surface area contributed by atoms with E-state index in [0.717, 1.165) is 29.7 Å². The van der Waals surface area contributed by atoms with E-state index in [0.29, 0.717) is 13.2 Å². The highest BCUT2D eigenvalue weighted by Crippen LogP contribution is 2.29. The van der Waals surface area contributed by atoms with E-state index in [4.69, 9.17) is 14.7 Å². The fourth-order valence-electron chi connectivity index (χ4n) is 2.36. The zero-order chi connectivity index (χ0) is 15.9. The topological polar surface area (TPSA) is 71.3 Å². The van der Waals surface area contributed by atoms with Gasteiger partial charge in [0.15, 0.2) is 0 Å². The molecule has 0 aromatic heterocycles. The summed E-state index contributed by atoms with van der Waals surface area (Å²) in [5.74, 6) is 0.524. The molecule has 1 aromatic carbocycles. The number of methoxy groups -OCH3 is 1. The van der Waals surface area contributed by atoms with Crippen LogP contribution >= 0.6 is 0 Å². The highest BCUT2D eigenvalue weighted by Gasteiger charge is 2.18. The van der Waals surface area contributed by atoms with E-state index in [-0.39, 0.29) is 17.6 Å². The van der Waals surface area contributed by atoms with Crippen molar-refractivity contribution < 1.29 is 14.3 Å². The molecule has 0 radical (unpaired) electrons. The van der Waals surface area contributed by atoms with E-state index >= 15 is 0 Å². The van der Waals surface area contributed by atoms with Crippen molar-refractivity contribution in [1.82, 2.24) is 5.32 Å². The molecule has 1 atom stereocenters. The van der Waals surface area contributed by atoms with Gasteiger partial charge in [0, 0.05) is 26.7 Å². The second kappa shape index (κ2) is 7.62. The molecule has 0 spiro atoms. The number of nitrogens with zero attached hydrogens (tertiary/aromatic N) is 1. The number of nitrogens with one attached hydrogen (secondary N) is 1. The summed E-state index contributed by atoms with van der Waals surface area (Å²) >= 11 is 0. The Labute approximate surface area is 130 Å². The molecule has 116 valence electrons. The predicted molar refractivity (Wildman–Crippen MR) is 83.3 cm³/mol. The molecule has 1 heterocycles. The van der Waals surface area contributed by atoms with Gasteiger partial charge in [-0.05, 0) is 42.7 Å². The lowest BCUT2D eigenvalue weighted by molar-refractivity contribution is -0.117. The summed E-state index contributed by atoms with van der Waals surface area (Å²) in [4.78, 5) is 12.0. The normalized spacial score (nSPS) is 16.6. The summed E-state index contributed by atoms with van der Waals surface area (Å²) in [5.41, 5.74) is 2.04. The molecule has 2 rings (SSSR count). The first-order valence-corrected chi connectivity index (χ1v) is 7.32. The quantitative estimate of drug-likeness (QED) is 0.496. The molecule has 22 heavy (non-hydrogen) atoms. The monoisotopic (exact) mass is 300 g/mol. The smallest absolute Gasteiger partial charge is 0.261 e. The first-order chi connectivity index (χ1) is 10.6.